The Balaban J connectivity index is 1.28. The van der Waals surface area contributed by atoms with Gasteiger partial charge in [0.1, 0.15) is 18.3 Å². The number of ether oxygens (including phenoxy) is 14. The molecule has 1 unspecified atom stereocenters. The van der Waals surface area contributed by atoms with Gasteiger partial charge in [-0.3, -0.25) is 14.4 Å². The Morgan fingerprint density at radius 1 is 0.590 bits per heavy atom. The summed E-state index contributed by atoms with van der Waals surface area (Å²) in [6.07, 6.45) is 6.46. The number of carbonyl (C=O) groups is 4. The molecule has 83 heavy (non-hydrogen) atoms. The van der Waals surface area contributed by atoms with E-state index < -0.39 is 29.9 Å². The van der Waals surface area contributed by atoms with Crippen LogP contribution in [-0.4, -0.2) is 236 Å². The van der Waals surface area contributed by atoms with Crippen LogP contribution in [0.4, 0.5) is 10.5 Å². The molecule has 27 heteroatoms. The van der Waals surface area contributed by atoms with Crippen LogP contribution in [0.5, 0.6) is 0 Å². The summed E-state index contributed by atoms with van der Waals surface area (Å²) in [5.74, 6) is -0.818. The van der Waals surface area contributed by atoms with E-state index in [2.05, 4.69) is 62.1 Å². The Kier molecular flexibility index (Phi) is 47.9. The second-order valence-corrected chi connectivity index (χ2v) is 19.0. The van der Waals surface area contributed by atoms with Gasteiger partial charge in [0.15, 0.2) is 6.61 Å². The van der Waals surface area contributed by atoms with Gasteiger partial charge in [0.05, 0.1) is 191 Å². The van der Waals surface area contributed by atoms with E-state index in [9.17, 15) is 19.2 Å². The first-order valence-electron chi connectivity index (χ1n) is 28.9. The molecule has 476 valence electrons. The van der Waals surface area contributed by atoms with Crippen LogP contribution in [0.15, 0.2) is 35.6 Å². The largest absolute Gasteiger partial charge is 0.445 e. The summed E-state index contributed by atoms with van der Waals surface area (Å²) in [6.45, 7) is 24.1. The van der Waals surface area contributed by atoms with Crippen molar-refractivity contribution in [3.05, 3.63) is 41.7 Å². The number of alkyl carbamates (subject to hydrolysis) is 1. The smallest absolute Gasteiger partial charge is 0.407 e. The molecule has 0 spiro atoms. The molecule has 1 aromatic carbocycles. The molecule has 1 aromatic heterocycles. The van der Waals surface area contributed by atoms with E-state index in [-0.39, 0.29) is 32.2 Å². The van der Waals surface area contributed by atoms with Gasteiger partial charge < -0.3 is 92.4 Å². The number of aromatic nitrogens is 3. The SMILES string of the molecule is C=NOCC(=O)N[C@@H](CC(C)C)C(=O)NCC(=O)Nc1ccc(COC(=O)NCc2cn(CCOCCOCCOCCOCCOCCOCCOCCOCCOCCOCCOCCOCCOCC(C)CCCCC)nn2)cc1. The molecule has 0 saturated heterocycles. The van der Waals surface area contributed by atoms with Crippen molar-refractivity contribution < 1.29 is 90.3 Å². The van der Waals surface area contributed by atoms with Crippen LogP contribution in [0.2, 0.25) is 0 Å². The third-order valence-corrected chi connectivity index (χ3v) is 11.3. The highest BCUT2D eigenvalue weighted by Gasteiger charge is 2.23. The van der Waals surface area contributed by atoms with Crippen LogP contribution in [0.1, 0.15) is 71.1 Å². The third kappa shape index (κ3) is 46.0. The minimum atomic E-state index is -0.856. The van der Waals surface area contributed by atoms with Crippen molar-refractivity contribution in [2.24, 2.45) is 17.0 Å². The number of nitrogens with one attached hydrogen (secondary N) is 4. The number of hydrogen-bond donors (Lipinski definition) is 4. The predicted octanol–water partition coefficient (Wildman–Crippen LogP) is 3.35. The molecule has 0 aliphatic carbocycles. The maximum absolute atomic E-state index is 12.7. The lowest BCUT2D eigenvalue weighted by Gasteiger charge is -2.19. The Hall–Kier alpha value is -5.01. The predicted molar refractivity (Wildman–Crippen MR) is 306 cm³/mol. The van der Waals surface area contributed by atoms with Gasteiger partial charge >= 0.3 is 6.09 Å². The van der Waals surface area contributed by atoms with E-state index in [1.807, 2.05) is 13.8 Å². The van der Waals surface area contributed by atoms with Crippen LogP contribution >= 0.6 is 0 Å². The molecule has 2 rings (SSSR count). The molecule has 27 nitrogen and oxygen atoms in total. The van der Waals surface area contributed by atoms with Gasteiger partial charge in [0.25, 0.3) is 5.91 Å². The lowest BCUT2D eigenvalue weighted by Crippen LogP contribution is -2.49. The maximum Gasteiger partial charge on any atom is 0.407 e. The van der Waals surface area contributed by atoms with Crippen molar-refractivity contribution in [2.75, 3.05) is 190 Å². The molecule has 1 heterocycles. The molecule has 2 aromatic rings. The molecule has 0 bridgehead atoms. The molecular weight excluding hydrogens is 1090 g/mol. The summed E-state index contributed by atoms with van der Waals surface area (Å²) in [6, 6.07) is 5.80. The Morgan fingerprint density at radius 2 is 1.05 bits per heavy atom. The minimum absolute atomic E-state index is 0.0148. The summed E-state index contributed by atoms with van der Waals surface area (Å²) in [4.78, 5) is 54.1. The highest BCUT2D eigenvalue weighted by molar-refractivity contribution is 5.96. The molecule has 0 fully saturated rings. The van der Waals surface area contributed by atoms with E-state index in [1.54, 1.807) is 35.1 Å². The first kappa shape index (κ1) is 74.1. The molecule has 0 aliphatic rings. The number of oxime groups is 1. The number of rotatable bonds is 59. The van der Waals surface area contributed by atoms with Gasteiger partial charge in [0, 0.05) is 19.0 Å². The van der Waals surface area contributed by atoms with Crippen molar-refractivity contribution in [1.29, 1.82) is 0 Å². The van der Waals surface area contributed by atoms with Crippen LogP contribution in [0.25, 0.3) is 0 Å². The topological polar surface area (TPSA) is 298 Å². The highest BCUT2D eigenvalue weighted by Crippen LogP contribution is 2.12. The minimum Gasteiger partial charge on any atom is -0.445 e. The van der Waals surface area contributed by atoms with Gasteiger partial charge in [-0.1, -0.05) is 64.3 Å². The number of nitrogens with zero attached hydrogens (tertiary/aromatic N) is 4. The van der Waals surface area contributed by atoms with Gasteiger partial charge in [-0.2, -0.15) is 0 Å². The van der Waals surface area contributed by atoms with Crippen LogP contribution in [-0.2, 0) is 105 Å². The summed E-state index contributed by atoms with van der Waals surface area (Å²) < 4.78 is 79.1. The monoisotopic (exact) mass is 1190 g/mol. The van der Waals surface area contributed by atoms with Gasteiger partial charge in [-0.05, 0) is 42.4 Å². The van der Waals surface area contributed by atoms with E-state index in [1.165, 1.54) is 25.7 Å². The summed E-state index contributed by atoms with van der Waals surface area (Å²) in [5, 5.41) is 21.7. The first-order valence-corrected chi connectivity index (χ1v) is 28.9. The standard InChI is InChI=1S/C56H98N8O19/c1-6-7-8-9-48(4)44-81-39-38-80-37-36-79-35-34-78-33-32-77-31-30-76-29-28-75-27-26-74-25-24-73-23-22-72-21-20-71-19-18-70-17-16-69-15-14-64-43-51(62-63-64)41-59-56(68)82-45-49-10-12-50(13-11-49)60-53(65)42-58-55(67)52(40-47(2)3)61-54(66)46-83-57-5/h10-13,43,47-48,52H,5-9,14-42,44-46H2,1-4H3,(H,58,67)(H,59,68)(H,60,65)(H,61,66)/t48?,52-/m0/s1. The van der Waals surface area contributed by atoms with Crippen LogP contribution < -0.4 is 21.3 Å². The molecule has 2 atom stereocenters. The number of amides is 4. The van der Waals surface area contributed by atoms with Gasteiger partial charge in [-0.15, -0.1) is 10.3 Å². The molecule has 0 radical (unpaired) electrons. The van der Waals surface area contributed by atoms with Crippen molar-refractivity contribution in [3.8, 4) is 0 Å². The average Bonchev–Trinajstić information content (AvgIpc) is 3.96. The summed E-state index contributed by atoms with van der Waals surface area (Å²) in [7, 11) is 0. The quantitative estimate of drug-likeness (QED) is 0.0419. The third-order valence-electron chi connectivity index (χ3n) is 11.3. The van der Waals surface area contributed by atoms with Crippen molar-refractivity contribution in [3.63, 3.8) is 0 Å². The second kappa shape index (κ2) is 53.7. The fourth-order valence-electron chi connectivity index (χ4n) is 7.02. The Bertz CT molecular complexity index is 1890. The lowest BCUT2D eigenvalue weighted by atomic mass is 10.0. The second-order valence-electron chi connectivity index (χ2n) is 19.0. The van der Waals surface area contributed by atoms with Crippen molar-refractivity contribution >= 4 is 36.2 Å². The highest BCUT2D eigenvalue weighted by atomic mass is 16.6. The summed E-state index contributed by atoms with van der Waals surface area (Å²) >= 11 is 0. The number of carbonyl (C=O) groups excluding carboxylic acids is 4. The number of benzene rings is 1. The zero-order chi connectivity index (χ0) is 59.9. The Morgan fingerprint density at radius 3 is 1.49 bits per heavy atom. The molecule has 0 aliphatic heterocycles. The van der Waals surface area contributed by atoms with Gasteiger partial charge in [-0.25, -0.2) is 9.48 Å². The summed E-state index contributed by atoms with van der Waals surface area (Å²) in [5.41, 5.74) is 1.69. The zero-order valence-electron chi connectivity index (χ0n) is 49.8. The van der Waals surface area contributed by atoms with E-state index in [0.29, 0.717) is 201 Å². The van der Waals surface area contributed by atoms with Crippen molar-refractivity contribution in [1.82, 2.24) is 30.9 Å². The number of hydrogen-bond acceptors (Lipinski definition) is 22. The normalized spacial score (nSPS) is 12.1. The molecule has 0 saturated carbocycles. The van der Waals surface area contributed by atoms with E-state index in [0.717, 1.165) is 6.61 Å². The van der Waals surface area contributed by atoms with E-state index >= 15 is 0 Å². The first-order chi connectivity index (χ1) is 40.6. The molecule has 4 amide bonds. The van der Waals surface area contributed by atoms with Crippen LogP contribution in [0, 0.1) is 11.8 Å². The maximum atomic E-state index is 12.7. The Labute approximate surface area is 490 Å². The van der Waals surface area contributed by atoms with Crippen LogP contribution in [0.3, 0.4) is 0 Å². The fourth-order valence-corrected chi connectivity index (χ4v) is 7.02. The lowest BCUT2D eigenvalue weighted by molar-refractivity contribution is -0.132. The van der Waals surface area contributed by atoms with E-state index in [4.69, 9.17) is 66.3 Å². The molecular formula is C56H98N8O19. The average molecular weight is 1190 g/mol. The zero-order valence-corrected chi connectivity index (χ0v) is 49.8. The van der Waals surface area contributed by atoms with Crippen molar-refractivity contribution in [2.45, 2.75) is 85.5 Å². The molecule has 4 N–H and O–H groups in total. The number of unbranched alkanes of at least 4 members (excludes halogenated alkanes) is 2. The van der Waals surface area contributed by atoms with Gasteiger partial charge in [0.2, 0.25) is 11.8 Å². The number of anilines is 1. The fraction of sp³-hybridized carbons (Fsp3) is 0.768.